The van der Waals surface area contributed by atoms with Crippen LogP contribution in [0.4, 0.5) is 0 Å². The van der Waals surface area contributed by atoms with Gasteiger partial charge < -0.3 is 26.3 Å². The molecule has 8 heteroatoms. The number of nitrogens with two attached hydrogens (primary N) is 1. The predicted molar refractivity (Wildman–Crippen MR) is 50.7 cm³/mol. The SMILES string of the molecule is CC(O)C(N)(C(C)O)C(C)O.O=[N+]([O-])O. The Morgan fingerprint density at radius 1 is 1.13 bits per heavy atom. The summed E-state index contributed by atoms with van der Waals surface area (Å²) in [4.78, 5) is 8.36. The van der Waals surface area contributed by atoms with E-state index in [9.17, 15) is 0 Å². The second-order valence-corrected chi connectivity index (χ2v) is 3.27. The summed E-state index contributed by atoms with van der Waals surface area (Å²) in [7, 11) is 0. The first kappa shape index (κ1) is 16.5. The second kappa shape index (κ2) is 6.51. The van der Waals surface area contributed by atoms with Crippen LogP contribution < -0.4 is 5.73 Å². The van der Waals surface area contributed by atoms with E-state index in [-0.39, 0.29) is 0 Å². The molecular formula is C7H18N2O6. The van der Waals surface area contributed by atoms with Gasteiger partial charge in [-0.1, -0.05) is 0 Å². The van der Waals surface area contributed by atoms with Crippen molar-refractivity contribution >= 4 is 0 Å². The van der Waals surface area contributed by atoms with Crippen LogP contribution in [0.2, 0.25) is 0 Å². The smallest absolute Gasteiger partial charge is 0.291 e. The van der Waals surface area contributed by atoms with Crippen molar-refractivity contribution in [3.05, 3.63) is 10.1 Å². The van der Waals surface area contributed by atoms with Gasteiger partial charge in [-0.3, -0.25) is 0 Å². The highest BCUT2D eigenvalue weighted by Crippen LogP contribution is 2.17. The minimum Gasteiger partial charge on any atom is -0.391 e. The van der Waals surface area contributed by atoms with Crippen molar-refractivity contribution in [3.8, 4) is 0 Å². The van der Waals surface area contributed by atoms with Gasteiger partial charge in [-0.05, 0) is 20.8 Å². The Morgan fingerprint density at radius 2 is 1.27 bits per heavy atom. The van der Waals surface area contributed by atoms with Crippen LogP contribution in [0.15, 0.2) is 0 Å². The maximum absolute atomic E-state index is 9.17. The summed E-state index contributed by atoms with van der Waals surface area (Å²) >= 11 is 0. The van der Waals surface area contributed by atoms with E-state index in [1.54, 1.807) is 0 Å². The molecule has 0 spiro atoms. The van der Waals surface area contributed by atoms with Crippen LogP contribution in [0.1, 0.15) is 20.8 Å². The molecule has 0 aromatic rings. The molecule has 3 atom stereocenters. The van der Waals surface area contributed by atoms with E-state index in [4.69, 9.17) is 36.4 Å². The van der Waals surface area contributed by atoms with Crippen LogP contribution in [0.5, 0.6) is 0 Å². The Hall–Kier alpha value is -0.960. The molecule has 0 amide bonds. The average molecular weight is 226 g/mol. The molecule has 0 aliphatic carbocycles. The molecule has 0 heterocycles. The molecule has 0 saturated heterocycles. The minimum absolute atomic E-state index is 0.942. The van der Waals surface area contributed by atoms with Gasteiger partial charge in [0.15, 0.2) is 0 Å². The lowest BCUT2D eigenvalue weighted by atomic mass is 9.84. The van der Waals surface area contributed by atoms with Crippen molar-refractivity contribution in [3.63, 3.8) is 0 Å². The summed E-state index contributed by atoms with van der Waals surface area (Å²) < 4.78 is 0. The molecular weight excluding hydrogens is 208 g/mol. The Balaban J connectivity index is 0. The monoisotopic (exact) mass is 226 g/mol. The zero-order valence-electron chi connectivity index (χ0n) is 8.86. The first-order chi connectivity index (χ1) is 6.56. The molecule has 15 heavy (non-hydrogen) atoms. The summed E-state index contributed by atoms with van der Waals surface area (Å²) in [5.41, 5.74) is 4.24. The third kappa shape index (κ3) is 5.47. The van der Waals surface area contributed by atoms with Gasteiger partial charge >= 0.3 is 0 Å². The fourth-order valence-electron chi connectivity index (χ4n) is 1.05. The van der Waals surface area contributed by atoms with E-state index in [2.05, 4.69) is 0 Å². The molecule has 0 rings (SSSR count). The number of hydrogen-bond donors (Lipinski definition) is 5. The Kier molecular flexibility index (Phi) is 7.15. The van der Waals surface area contributed by atoms with E-state index in [0.717, 1.165) is 0 Å². The maximum Gasteiger partial charge on any atom is 0.291 e. The zero-order valence-corrected chi connectivity index (χ0v) is 8.86. The van der Waals surface area contributed by atoms with E-state index in [0.29, 0.717) is 0 Å². The predicted octanol–water partition coefficient (Wildman–Crippen LogP) is -1.52. The standard InChI is InChI=1S/C7H17NO3.HNO3/c1-4(9)7(8,5(2)10)6(3)11;2-1(3)4/h4-6,9-11H,8H2,1-3H3;(H,2,3,4). The third-order valence-corrected chi connectivity index (χ3v) is 2.17. The summed E-state index contributed by atoms with van der Waals surface area (Å²) in [6.07, 6.45) is -2.83. The lowest BCUT2D eigenvalue weighted by Gasteiger charge is -2.37. The van der Waals surface area contributed by atoms with Crippen molar-refractivity contribution < 1.29 is 25.6 Å². The second-order valence-electron chi connectivity index (χ2n) is 3.27. The largest absolute Gasteiger partial charge is 0.391 e. The van der Waals surface area contributed by atoms with Gasteiger partial charge in [-0.15, -0.1) is 10.1 Å². The molecule has 8 nitrogen and oxygen atoms in total. The molecule has 0 aliphatic rings. The summed E-state index contributed by atoms with van der Waals surface area (Å²) in [6, 6.07) is 0. The van der Waals surface area contributed by atoms with Gasteiger partial charge in [-0.25, -0.2) is 0 Å². The van der Waals surface area contributed by atoms with Gasteiger partial charge in [0.25, 0.3) is 5.09 Å². The van der Waals surface area contributed by atoms with Crippen LogP contribution in [0, 0.1) is 10.1 Å². The molecule has 0 fully saturated rings. The highest BCUT2D eigenvalue weighted by atomic mass is 16.9. The fourth-order valence-corrected chi connectivity index (χ4v) is 1.05. The van der Waals surface area contributed by atoms with E-state index in [1.165, 1.54) is 20.8 Å². The Bertz CT molecular complexity index is 168. The molecule has 0 aromatic heterocycles. The number of aliphatic hydroxyl groups is 3. The first-order valence-corrected chi connectivity index (χ1v) is 4.23. The van der Waals surface area contributed by atoms with Gasteiger partial charge in [0, 0.05) is 0 Å². The van der Waals surface area contributed by atoms with E-state index < -0.39 is 28.9 Å². The lowest BCUT2D eigenvalue weighted by molar-refractivity contribution is -0.742. The molecule has 0 aromatic carbocycles. The van der Waals surface area contributed by atoms with Crippen molar-refractivity contribution in [1.82, 2.24) is 0 Å². The molecule has 92 valence electrons. The van der Waals surface area contributed by atoms with Crippen LogP contribution in [0.25, 0.3) is 0 Å². The topological polar surface area (TPSA) is 150 Å². The number of aliphatic hydroxyl groups excluding tert-OH is 3. The van der Waals surface area contributed by atoms with Crippen LogP contribution in [0.3, 0.4) is 0 Å². The molecule has 0 bridgehead atoms. The number of rotatable bonds is 3. The van der Waals surface area contributed by atoms with Crippen LogP contribution in [-0.4, -0.2) is 49.5 Å². The van der Waals surface area contributed by atoms with Crippen molar-refractivity contribution in [2.45, 2.75) is 44.6 Å². The molecule has 0 radical (unpaired) electrons. The van der Waals surface area contributed by atoms with Crippen molar-refractivity contribution in [2.75, 3.05) is 0 Å². The molecule has 0 saturated carbocycles. The fraction of sp³-hybridized carbons (Fsp3) is 1.00. The molecule has 6 N–H and O–H groups in total. The molecule has 0 aliphatic heterocycles. The summed E-state index contributed by atoms with van der Waals surface area (Å²) in [6.45, 7) is 4.33. The average Bonchev–Trinajstić information content (AvgIpc) is 2.00. The lowest BCUT2D eigenvalue weighted by Crippen LogP contribution is -2.64. The van der Waals surface area contributed by atoms with Gasteiger partial charge in [0.1, 0.15) is 0 Å². The normalized spacial score (nSPS) is 20.2. The quantitative estimate of drug-likeness (QED) is 0.289. The number of nitrogens with zero attached hydrogens (tertiary/aromatic N) is 1. The number of hydrogen-bond acceptors (Lipinski definition) is 6. The van der Waals surface area contributed by atoms with Gasteiger partial charge in [-0.2, -0.15) is 0 Å². The van der Waals surface area contributed by atoms with E-state index in [1.807, 2.05) is 0 Å². The highest BCUT2D eigenvalue weighted by Gasteiger charge is 2.40. The summed E-state index contributed by atoms with van der Waals surface area (Å²) in [5.74, 6) is 0. The zero-order chi connectivity index (χ0) is 12.8. The highest BCUT2D eigenvalue weighted by molar-refractivity contribution is 4.98. The van der Waals surface area contributed by atoms with Crippen LogP contribution >= 0.6 is 0 Å². The summed E-state index contributed by atoms with van der Waals surface area (Å²) in [5, 5.41) is 41.1. The third-order valence-electron chi connectivity index (χ3n) is 2.17. The van der Waals surface area contributed by atoms with Gasteiger partial charge in [0.05, 0.1) is 23.9 Å². The first-order valence-electron chi connectivity index (χ1n) is 4.23. The maximum atomic E-state index is 9.17. The Morgan fingerprint density at radius 3 is 1.27 bits per heavy atom. The molecule has 3 unspecified atom stereocenters. The van der Waals surface area contributed by atoms with E-state index >= 15 is 0 Å². The minimum atomic E-state index is -1.50. The van der Waals surface area contributed by atoms with Crippen molar-refractivity contribution in [2.24, 2.45) is 5.73 Å². The van der Waals surface area contributed by atoms with Crippen LogP contribution in [-0.2, 0) is 0 Å². The van der Waals surface area contributed by atoms with Crippen molar-refractivity contribution in [1.29, 1.82) is 0 Å². The van der Waals surface area contributed by atoms with Gasteiger partial charge in [0.2, 0.25) is 0 Å². The Labute approximate surface area is 87.1 Å².